The van der Waals surface area contributed by atoms with E-state index in [1.807, 2.05) is 36.1 Å². The van der Waals surface area contributed by atoms with Crippen LogP contribution in [0.15, 0.2) is 24.3 Å². The van der Waals surface area contributed by atoms with Gasteiger partial charge in [0.25, 0.3) is 5.91 Å². The van der Waals surface area contributed by atoms with Crippen LogP contribution in [0.4, 0.5) is 0 Å². The van der Waals surface area contributed by atoms with Crippen molar-refractivity contribution in [2.24, 2.45) is 0 Å². The maximum atomic E-state index is 12.6. The minimum Gasteiger partial charge on any atom is -0.390 e. The molecule has 0 bridgehead atoms. The van der Waals surface area contributed by atoms with E-state index in [2.05, 4.69) is 0 Å². The summed E-state index contributed by atoms with van der Waals surface area (Å²) in [6.45, 7) is 4.00. The van der Waals surface area contributed by atoms with Gasteiger partial charge in [-0.2, -0.15) is 0 Å². The molecule has 2 saturated heterocycles. The van der Waals surface area contributed by atoms with Gasteiger partial charge in [-0.15, -0.1) is 0 Å². The second kappa shape index (κ2) is 5.78. The highest BCUT2D eigenvalue weighted by Crippen LogP contribution is 2.35. The van der Waals surface area contributed by atoms with Gasteiger partial charge in [0, 0.05) is 25.3 Å². The molecule has 1 aromatic rings. The minimum atomic E-state index is -0.416. The summed E-state index contributed by atoms with van der Waals surface area (Å²) >= 11 is 0. The van der Waals surface area contributed by atoms with Crippen LogP contribution in [0.25, 0.3) is 0 Å². The monoisotopic (exact) mass is 289 g/mol. The van der Waals surface area contributed by atoms with Crippen LogP contribution in [0.5, 0.6) is 0 Å². The first-order valence-electron chi connectivity index (χ1n) is 7.79. The molecular formula is C17H23NO3. The molecule has 0 aromatic heterocycles. The number of likely N-dealkylation sites (tertiary alicyclic amines) is 1. The van der Waals surface area contributed by atoms with E-state index in [0.29, 0.717) is 13.1 Å². The van der Waals surface area contributed by atoms with E-state index in [4.69, 9.17) is 4.74 Å². The van der Waals surface area contributed by atoms with Gasteiger partial charge in [0.05, 0.1) is 11.7 Å². The molecule has 114 valence electrons. The summed E-state index contributed by atoms with van der Waals surface area (Å²) in [4.78, 5) is 14.5. The molecule has 2 aliphatic rings. The number of piperidine rings is 1. The van der Waals surface area contributed by atoms with Crippen molar-refractivity contribution in [3.05, 3.63) is 35.4 Å². The topological polar surface area (TPSA) is 49.8 Å². The largest absolute Gasteiger partial charge is 0.390 e. The minimum absolute atomic E-state index is 0.0910. The summed E-state index contributed by atoms with van der Waals surface area (Å²) < 4.78 is 5.89. The lowest BCUT2D eigenvalue weighted by Crippen LogP contribution is -2.56. The van der Waals surface area contributed by atoms with Crippen molar-refractivity contribution in [3.63, 3.8) is 0 Å². The zero-order valence-corrected chi connectivity index (χ0v) is 12.5. The molecule has 0 aliphatic carbocycles. The Labute approximate surface area is 125 Å². The third kappa shape index (κ3) is 2.70. The van der Waals surface area contributed by atoms with Gasteiger partial charge in [0.15, 0.2) is 0 Å². The quantitative estimate of drug-likeness (QED) is 0.861. The van der Waals surface area contributed by atoms with Crippen molar-refractivity contribution in [3.8, 4) is 0 Å². The van der Waals surface area contributed by atoms with Gasteiger partial charge in [-0.1, -0.05) is 18.2 Å². The lowest BCUT2D eigenvalue weighted by molar-refractivity contribution is -0.174. The molecular weight excluding hydrogens is 266 g/mol. The number of amides is 1. The van der Waals surface area contributed by atoms with Gasteiger partial charge >= 0.3 is 0 Å². The molecule has 4 nitrogen and oxygen atoms in total. The molecule has 4 heteroatoms. The number of nitrogens with zero attached hydrogens (tertiary/aromatic N) is 1. The fourth-order valence-corrected chi connectivity index (χ4v) is 3.46. The maximum Gasteiger partial charge on any atom is 0.254 e. The predicted octanol–water partition coefficient (Wildman–Crippen LogP) is 2.14. The number of ether oxygens (including phenoxy) is 1. The van der Waals surface area contributed by atoms with E-state index in [1.54, 1.807) is 0 Å². The Hall–Kier alpha value is -1.39. The Balaban J connectivity index is 1.68. The predicted molar refractivity (Wildman–Crippen MR) is 80.2 cm³/mol. The first-order chi connectivity index (χ1) is 10.1. The molecule has 1 atom stereocenters. The number of hydrogen-bond donors (Lipinski definition) is 1. The number of aliphatic hydroxyl groups is 1. The molecule has 2 aliphatic heterocycles. The fraction of sp³-hybridized carbons (Fsp3) is 0.588. The Morgan fingerprint density at radius 3 is 2.71 bits per heavy atom. The van der Waals surface area contributed by atoms with Crippen LogP contribution in [0.2, 0.25) is 0 Å². The smallest absolute Gasteiger partial charge is 0.254 e. The number of benzene rings is 1. The molecule has 0 unspecified atom stereocenters. The van der Waals surface area contributed by atoms with Crippen LogP contribution in [0.1, 0.15) is 41.6 Å². The molecule has 2 fully saturated rings. The van der Waals surface area contributed by atoms with Gasteiger partial charge in [-0.05, 0) is 44.2 Å². The fourth-order valence-electron chi connectivity index (χ4n) is 3.46. The van der Waals surface area contributed by atoms with Gasteiger partial charge < -0.3 is 14.7 Å². The first-order valence-corrected chi connectivity index (χ1v) is 7.79. The van der Waals surface area contributed by atoms with Crippen LogP contribution in [-0.2, 0) is 4.74 Å². The van der Waals surface area contributed by atoms with Crippen LogP contribution in [0.3, 0.4) is 0 Å². The van der Waals surface area contributed by atoms with Crippen molar-refractivity contribution >= 4 is 5.91 Å². The Kier molecular flexibility index (Phi) is 4.00. The van der Waals surface area contributed by atoms with Crippen LogP contribution in [-0.4, -0.2) is 47.3 Å². The van der Waals surface area contributed by atoms with Crippen LogP contribution < -0.4 is 0 Å². The summed E-state index contributed by atoms with van der Waals surface area (Å²) in [5.74, 6) is 0.0910. The van der Waals surface area contributed by atoms with E-state index in [1.165, 1.54) is 0 Å². The molecule has 0 radical (unpaired) electrons. The summed E-state index contributed by atoms with van der Waals surface area (Å²) in [5, 5.41) is 10.2. The molecule has 3 rings (SSSR count). The van der Waals surface area contributed by atoms with E-state index >= 15 is 0 Å². The average molecular weight is 289 g/mol. The normalized spacial score (nSPS) is 25.0. The van der Waals surface area contributed by atoms with Gasteiger partial charge in [-0.3, -0.25) is 4.79 Å². The highest BCUT2D eigenvalue weighted by atomic mass is 16.5. The standard InChI is InChI=1S/C17H23NO3/c1-13-5-2-3-6-14(13)16(20)18-10-8-17(9-11-18)15(19)7-4-12-21-17/h2-3,5-6,15,19H,4,7-12H2,1H3/t15-/m0/s1. The summed E-state index contributed by atoms with van der Waals surface area (Å²) in [6.07, 6.45) is 2.81. The maximum absolute atomic E-state index is 12.6. The van der Waals surface area contributed by atoms with E-state index in [0.717, 1.165) is 43.4 Å². The van der Waals surface area contributed by atoms with Crippen molar-refractivity contribution in [2.45, 2.75) is 44.3 Å². The Bertz CT molecular complexity index is 521. The van der Waals surface area contributed by atoms with Crippen LogP contribution >= 0.6 is 0 Å². The molecule has 1 N–H and O–H groups in total. The third-order valence-corrected chi connectivity index (χ3v) is 4.89. The van der Waals surface area contributed by atoms with Crippen molar-refractivity contribution in [1.29, 1.82) is 0 Å². The first kappa shape index (κ1) is 14.5. The number of hydrogen-bond acceptors (Lipinski definition) is 3. The summed E-state index contributed by atoms with van der Waals surface area (Å²) in [6, 6.07) is 7.70. The number of carbonyl (C=O) groups is 1. The molecule has 1 spiro atoms. The zero-order valence-electron chi connectivity index (χ0n) is 12.5. The molecule has 21 heavy (non-hydrogen) atoms. The number of carbonyl (C=O) groups excluding carboxylic acids is 1. The van der Waals surface area contributed by atoms with Gasteiger partial charge in [-0.25, -0.2) is 0 Å². The lowest BCUT2D eigenvalue weighted by atomic mass is 9.82. The molecule has 2 heterocycles. The SMILES string of the molecule is Cc1ccccc1C(=O)N1CCC2(CC1)OCCC[C@@H]2O. The molecule has 1 amide bonds. The number of rotatable bonds is 1. The Morgan fingerprint density at radius 2 is 2.05 bits per heavy atom. The third-order valence-electron chi connectivity index (χ3n) is 4.89. The average Bonchev–Trinajstić information content (AvgIpc) is 2.51. The highest BCUT2D eigenvalue weighted by molar-refractivity contribution is 5.95. The van der Waals surface area contributed by atoms with E-state index in [9.17, 15) is 9.90 Å². The molecule has 1 aromatic carbocycles. The van der Waals surface area contributed by atoms with Crippen molar-refractivity contribution in [1.82, 2.24) is 4.90 Å². The lowest BCUT2D eigenvalue weighted by Gasteiger charge is -2.46. The van der Waals surface area contributed by atoms with E-state index in [-0.39, 0.29) is 12.0 Å². The van der Waals surface area contributed by atoms with Crippen molar-refractivity contribution < 1.29 is 14.6 Å². The second-order valence-electron chi connectivity index (χ2n) is 6.18. The van der Waals surface area contributed by atoms with E-state index < -0.39 is 5.60 Å². The van der Waals surface area contributed by atoms with Crippen molar-refractivity contribution in [2.75, 3.05) is 19.7 Å². The number of aliphatic hydroxyl groups excluding tert-OH is 1. The Morgan fingerprint density at radius 1 is 1.33 bits per heavy atom. The molecule has 0 saturated carbocycles. The number of aryl methyl sites for hydroxylation is 1. The summed E-state index contributed by atoms with van der Waals surface area (Å²) in [7, 11) is 0. The van der Waals surface area contributed by atoms with Gasteiger partial charge in [0.1, 0.15) is 0 Å². The van der Waals surface area contributed by atoms with Crippen LogP contribution in [0, 0.1) is 6.92 Å². The van der Waals surface area contributed by atoms with Gasteiger partial charge in [0.2, 0.25) is 0 Å². The highest BCUT2D eigenvalue weighted by Gasteiger charge is 2.44. The second-order valence-corrected chi connectivity index (χ2v) is 6.18. The summed E-state index contributed by atoms with van der Waals surface area (Å²) in [5.41, 5.74) is 1.37. The zero-order chi connectivity index (χ0) is 14.9.